The molecule has 0 bridgehead atoms. The van der Waals surface area contributed by atoms with Gasteiger partial charge in [-0.25, -0.2) is 0 Å². The minimum Gasteiger partial charge on any atom is -0.490 e. The molecule has 0 aromatic heterocycles. The molecular weight excluding hydrogens is 518 g/mol. The van der Waals surface area contributed by atoms with E-state index in [1.165, 1.54) is 0 Å². The van der Waals surface area contributed by atoms with Crippen LogP contribution in [0.2, 0.25) is 0 Å². The lowest BCUT2D eigenvalue weighted by Crippen LogP contribution is -2.44. The minimum atomic E-state index is -0.529. The Morgan fingerprint density at radius 2 is 1.77 bits per heavy atom. The van der Waals surface area contributed by atoms with E-state index in [0.717, 1.165) is 78.5 Å². The van der Waals surface area contributed by atoms with Gasteiger partial charge in [-0.1, -0.05) is 50.6 Å². The average molecular weight is 558 g/mol. The zero-order chi connectivity index (χ0) is 28.0. The third-order valence-electron chi connectivity index (χ3n) is 7.50. The summed E-state index contributed by atoms with van der Waals surface area (Å²) in [6.07, 6.45) is 6.09. The number of methoxy groups -OCH3 is 2. The standard InChI is InChI=1S/C30H39NO7S/c1-6-8-9-16-36-24-19(3)22-14-15-30(7-2,38-25(22)27(35-5)26(24)34-4)18-37-21-12-10-20(11-13-21)17-23-28(32)31-29(33)39-23/h10-13,23H,6-9,14-18H2,1-5H3,(H,31,32,33). The van der Waals surface area contributed by atoms with Gasteiger partial charge in [0, 0.05) is 11.1 Å². The lowest BCUT2D eigenvalue weighted by molar-refractivity contribution is -0.118. The van der Waals surface area contributed by atoms with Crippen LogP contribution < -0.4 is 29.0 Å². The number of rotatable bonds is 13. The Bertz CT molecular complexity index is 1180. The van der Waals surface area contributed by atoms with Crippen molar-refractivity contribution < 1.29 is 33.3 Å². The Labute approximate surface area is 235 Å². The van der Waals surface area contributed by atoms with Crippen molar-refractivity contribution in [3.05, 3.63) is 41.0 Å². The van der Waals surface area contributed by atoms with Crippen molar-refractivity contribution in [1.29, 1.82) is 0 Å². The van der Waals surface area contributed by atoms with Crippen molar-refractivity contribution in [2.24, 2.45) is 0 Å². The van der Waals surface area contributed by atoms with Crippen molar-refractivity contribution in [1.82, 2.24) is 5.32 Å². The Morgan fingerprint density at radius 3 is 2.38 bits per heavy atom. The van der Waals surface area contributed by atoms with Crippen LogP contribution in [0.1, 0.15) is 62.6 Å². The molecule has 39 heavy (non-hydrogen) atoms. The van der Waals surface area contributed by atoms with E-state index in [1.54, 1.807) is 14.2 Å². The number of amides is 2. The van der Waals surface area contributed by atoms with Crippen LogP contribution >= 0.6 is 11.8 Å². The first-order valence-corrected chi connectivity index (χ1v) is 14.5. The molecule has 8 nitrogen and oxygen atoms in total. The van der Waals surface area contributed by atoms with Gasteiger partial charge >= 0.3 is 0 Å². The molecule has 0 spiro atoms. The zero-order valence-electron chi connectivity index (χ0n) is 23.5. The Kier molecular flexibility index (Phi) is 9.53. The van der Waals surface area contributed by atoms with Gasteiger partial charge in [0.05, 0.1) is 26.1 Å². The summed E-state index contributed by atoms with van der Waals surface area (Å²) in [4.78, 5) is 23.3. The monoisotopic (exact) mass is 557 g/mol. The summed E-state index contributed by atoms with van der Waals surface area (Å²) < 4.78 is 30.7. The molecule has 212 valence electrons. The molecule has 2 aliphatic heterocycles. The summed E-state index contributed by atoms with van der Waals surface area (Å²) in [5.41, 5.74) is 2.55. The number of nitrogens with one attached hydrogen (secondary N) is 1. The van der Waals surface area contributed by atoms with Crippen molar-refractivity contribution in [2.45, 2.75) is 76.6 Å². The van der Waals surface area contributed by atoms with E-state index >= 15 is 0 Å². The minimum absolute atomic E-state index is 0.234. The molecule has 2 heterocycles. The maximum atomic E-state index is 11.9. The molecule has 0 saturated carbocycles. The number of fused-ring (bicyclic) bond motifs is 1. The third kappa shape index (κ3) is 6.40. The SMILES string of the molecule is CCCCCOc1c(C)c2c(c(OC)c1OC)OC(CC)(COc1ccc(CC3SC(=O)NC3=O)cc1)CC2. The molecular formula is C30H39NO7S. The number of thioether (sulfide) groups is 1. The van der Waals surface area contributed by atoms with Crippen LogP contribution in [-0.2, 0) is 17.6 Å². The first kappa shape index (κ1) is 28.9. The summed E-state index contributed by atoms with van der Waals surface area (Å²) in [5, 5.41) is 1.65. The molecule has 1 saturated heterocycles. The Balaban J connectivity index is 1.48. The van der Waals surface area contributed by atoms with E-state index in [-0.39, 0.29) is 16.4 Å². The number of carbonyl (C=O) groups excluding carboxylic acids is 2. The van der Waals surface area contributed by atoms with Gasteiger partial charge in [0.2, 0.25) is 17.4 Å². The van der Waals surface area contributed by atoms with Crippen LogP contribution in [0, 0.1) is 6.92 Å². The first-order valence-electron chi connectivity index (χ1n) is 13.7. The number of hydrogen-bond acceptors (Lipinski definition) is 8. The number of benzene rings is 2. The predicted molar refractivity (Wildman–Crippen MR) is 152 cm³/mol. The number of ether oxygens (including phenoxy) is 5. The average Bonchev–Trinajstić information content (AvgIpc) is 3.27. The van der Waals surface area contributed by atoms with E-state index in [9.17, 15) is 9.59 Å². The van der Waals surface area contributed by atoms with Gasteiger partial charge in [-0.2, -0.15) is 0 Å². The van der Waals surface area contributed by atoms with Gasteiger partial charge in [-0.15, -0.1) is 0 Å². The highest BCUT2D eigenvalue weighted by Gasteiger charge is 2.40. The van der Waals surface area contributed by atoms with Gasteiger partial charge in [0.15, 0.2) is 11.5 Å². The van der Waals surface area contributed by atoms with Crippen LogP contribution in [0.5, 0.6) is 28.7 Å². The molecule has 2 unspecified atom stereocenters. The molecule has 4 rings (SSSR count). The second kappa shape index (κ2) is 12.9. The van der Waals surface area contributed by atoms with Crippen LogP contribution in [0.3, 0.4) is 0 Å². The highest BCUT2D eigenvalue weighted by atomic mass is 32.2. The molecule has 0 aliphatic carbocycles. The van der Waals surface area contributed by atoms with E-state index in [4.69, 9.17) is 23.7 Å². The van der Waals surface area contributed by atoms with Crippen molar-refractivity contribution >= 4 is 22.9 Å². The fourth-order valence-electron chi connectivity index (χ4n) is 5.05. The lowest BCUT2D eigenvalue weighted by Gasteiger charge is -2.39. The molecule has 9 heteroatoms. The summed E-state index contributed by atoms with van der Waals surface area (Å²) in [5.74, 6) is 3.02. The Morgan fingerprint density at radius 1 is 1.03 bits per heavy atom. The molecule has 2 aliphatic rings. The third-order valence-corrected chi connectivity index (χ3v) is 8.48. The summed E-state index contributed by atoms with van der Waals surface area (Å²) in [7, 11) is 3.25. The number of unbranched alkanes of at least 4 members (excludes halogenated alkanes) is 2. The molecule has 2 aromatic carbocycles. The van der Waals surface area contributed by atoms with E-state index in [0.29, 0.717) is 36.9 Å². The fourth-order valence-corrected chi connectivity index (χ4v) is 5.91. The highest BCUT2D eigenvalue weighted by molar-refractivity contribution is 8.15. The van der Waals surface area contributed by atoms with E-state index in [2.05, 4.69) is 26.1 Å². The van der Waals surface area contributed by atoms with Gasteiger partial charge in [-0.3, -0.25) is 14.9 Å². The van der Waals surface area contributed by atoms with Crippen LogP contribution in [-0.4, -0.2) is 49.4 Å². The van der Waals surface area contributed by atoms with Gasteiger partial charge in [0.1, 0.15) is 18.0 Å². The van der Waals surface area contributed by atoms with Crippen LogP contribution in [0.25, 0.3) is 0 Å². The summed E-state index contributed by atoms with van der Waals surface area (Å²) in [6, 6.07) is 7.65. The molecule has 0 radical (unpaired) electrons. The molecule has 1 fully saturated rings. The van der Waals surface area contributed by atoms with Gasteiger partial charge in [-0.05, 0) is 56.7 Å². The summed E-state index contributed by atoms with van der Waals surface area (Å²) in [6.45, 7) is 7.33. The number of hydrogen-bond donors (Lipinski definition) is 1. The van der Waals surface area contributed by atoms with Crippen molar-refractivity contribution in [3.63, 3.8) is 0 Å². The van der Waals surface area contributed by atoms with Gasteiger partial charge in [0.25, 0.3) is 5.24 Å². The number of imide groups is 1. The Hall–Kier alpha value is -3.07. The van der Waals surface area contributed by atoms with E-state index < -0.39 is 5.60 Å². The zero-order valence-corrected chi connectivity index (χ0v) is 24.3. The smallest absolute Gasteiger partial charge is 0.286 e. The van der Waals surface area contributed by atoms with Crippen LogP contribution in [0.4, 0.5) is 4.79 Å². The molecule has 1 N–H and O–H groups in total. The lowest BCUT2D eigenvalue weighted by atomic mass is 9.87. The maximum Gasteiger partial charge on any atom is 0.286 e. The van der Waals surface area contributed by atoms with Crippen LogP contribution in [0.15, 0.2) is 24.3 Å². The fraction of sp³-hybridized carbons (Fsp3) is 0.533. The largest absolute Gasteiger partial charge is 0.490 e. The maximum absolute atomic E-state index is 11.9. The second-order valence-corrected chi connectivity index (χ2v) is 11.2. The molecule has 2 atom stereocenters. The number of carbonyl (C=O) groups is 2. The summed E-state index contributed by atoms with van der Waals surface area (Å²) >= 11 is 1.04. The molecule has 2 aromatic rings. The highest BCUT2D eigenvalue weighted by Crippen LogP contribution is 2.53. The predicted octanol–water partition coefficient (Wildman–Crippen LogP) is 6.03. The molecule has 2 amide bonds. The topological polar surface area (TPSA) is 92.3 Å². The second-order valence-electron chi connectivity index (χ2n) is 10.0. The van der Waals surface area contributed by atoms with Crippen molar-refractivity contribution in [2.75, 3.05) is 27.4 Å². The van der Waals surface area contributed by atoms with E-state index in [1.807, 2.05) is 24.3 Å². The first-order chi connectivity index (χ1) is 18.8. The van der Waals surface area contributed by atoms with Gasteiger partial charge < -0.3 is 23.7 Å². The normalized spacial score (nSPS) is 20.2. The quantitative estimate of drug-likeness (QED) is 0.299. The van der Waals surface area contributed by atoms with Crippen molar-refractivity contribution in [3.8, 4) is 28.7 Å².